The molecule has 0 spiro atoms. The zero-order chi connectivity index (χ0) is 19.8. The summed E-state index contributed by atoms with van der Waals surface area (Å²) < 4.78 is 7.38. The molecule has 3 aromatic rings. The number of aromatic nitrogens is 3. The van der Waals surface area contributed by atoms with E-state index in [2.05, 4.69) is 20.1 Å². The number of carbonyl (C=O) groups is 1. The van der Waals surface area contributed by atoms with Gasteiger partial charge in [0.05, 0.1) is 7.11 Å². The standard InChI is InChI=1S/C22H26N4O2/c1-17-24-25-21(26(17)19-11-4-3-5-12-19)14-8-9-15-22(27)23-16-18-10-6-7-13-20(18)28-2/h3-7,10-13H,8-9,14-16H2,1-2H3,(H,23,27). The molecule has 1 N–H and O–H groups in total. The molecule has 1 aromatic heterocycles. The van der Waals surface area contributed by atoms with Crippen LogP contribution in [0, 0.1) is 6.92 Å². The van der Waals surface area contributed by atoms with Crippen molar-refractivity contribution in [2.75, 3.05) is 7.11 Å². The predicted octanol–water partition coefficient (Wildman–Crippen LogP) is 3.61. The molecule has 0 aliphatic heterocycles. The van der Waals surface area contributed by atoms with Crippen LogP contribution < -0.4 is 10.1 Å². The fraction of sp³-hybridized carbons (Fsp3) is 0.318. The van der Waals surface area contributed by atoms with Gasteiger partial charge in [0, 0.05) is 30.6 Å². The minimum absolute atomic E-state index is 0.0478. The van der Waals surface area contributed by atoms with Gasteiger partial charge in [-0.25, -0.2) is 0 Å². The van der Waals surface area contributed by atoms with E-state index in [1.165, 1.54) is 0 Å². The average molecular weight is 378 g/mol. The summed E-state index contributed by atoms with van der Waals surface area (Å²) in [5, 5.41) is 11.5. The topological polar surface area (TPSA) is 69.0 Å². The highest BCUT2D eigenvalue weighted by atomic mass is 16.5. The third-order valence-electron chi connectivity index (χ3n) is 4.63. The summed E-state index contributed by atoms with van der Waals surface area (Å²) in [6, 6.07) is 17.8. The first-order valence-electron chi connectivity index (χ1n) is 9.54. The van der Waals surface area contributed by atoms with Crippen LogP contribution in [0.1, 0.15) is 36.5 Å². The van der Waals surface area contributed by atoms with Crippen molar-refractivity contribution < 1.29 is 9.53 Å². The predicted molar refractivity (Wildman–Crippen MR) is 108 cm³/mol. The molecule has 0 aliphatic rings. The number of rotatable bonds is 9. The first-order chi connectivity index (χ1) is 13.7. The summed E-state index contributed by atoms with van der Waals surface area (Å²) >= 11 is 0. The third kappa shape index (κ3) is 4.97. The second-order valence-electron chi connectivity index (χ2n) is 6.63. The Labute approximate surface area is 165 Å². The normalized spacial score (nSPS) is 10.6. The molecule has 1 amide bonds. The molecule has 0 atom stereocenters. The molecule has 0 bridgehead atoms. The van der Waals surface area contributed by atoms with Crippen molar-refractivity contribution in [2.24, 2.45) is 0 Å². The van der Waals surface area contributed by atoms with E-state index in [9.17, 15) is 4.79 Å². The van der Waals surface area contributed by atoms with Gasteiger partial charge in [0.15, 0.2) is 0 Å². The highest BCUT2D eigenvalue weighted by Crippen LogP contribution is 2.17. The van der Waals surface area contributed by atoms with Crippen LogP contribution in [0.4, 0.5) is 0 Å². The van der Waals surface area contributed by atoms with Gasteiger partial charge in [-0.1, -0.05) is 36.4 Å². The zero-order valence-corrected chi connectivity index (χ0v) is 16.4. The monoisotopic (exact) mass is 378 g/mol. The molecule has 6 heteroatoms. The molecule has 0 aliphatic carbocycles. The maximum absolute atomic E-state index is 12.1. The maximum atomic E-state index is 12.1. The first-order valence-corrected chi connectivity index (χ1v) is 9.54. The average Bonchev–Trinajstić information content (AvgIpc) is 3.10. The van der Waals surface area contributed by atoms with Crippen molar-refractivity contribution in [3.8, 4) is 11.4 Å². The highest BCUT2D eigenvalue weighted by molar-refractivity contribution is 5.75. The summed E-state index contributed by atoms with van der Waals surface area (Å²) in [6.45, 7) is 2.43. The van der Waals surface area contributed by atoms with E-state index < -0.39 is 0 Å². The maximum Gasteiger partial charge on any atom is 0.220 e. The third-order valence-corrected chi connectivity index (χ3v) is 4.63. The van der Waals surface area contributed by atoms with E-state index >= 15 is 0 Å². The van der Waals surface area contributed by atoms with E-state index in [1.807, 2.05) is 61.5 Å². The van der Waals surface area contributed by atoms with Crippen LogP contribution in [0.25, 0.3) is 5.69 Å². The van der Waals surface area contributed by atoms with E-state index in [-0.39, 0.29) is 5.91 Å². The molecule has 2 aromatic carbocycles. The van der Waals surface area contributed by atoms with Crippen molar-refractivity contribution in [1.82, 2.24) is 20.1 Å². The molecular weight excluding hydrogens is 352 g/mol. The molecule has 0 saturated carbocycles. The Morgan fingerprint density at radius 2 is 1.79 bits per heavy atom. The Balaban J connectivity index is 1.46. The SMILES string of the molecule is COc1ccccc1CNC(=O)CCCCc1nnc(C)n1-c1ccccc1. The van der Waals surface area contributed by atoms with Gasteiger partial charge in [-0.05, 0) is 38.0 Å². The van der Waals surface area contributed by atoms with E-state index in [4.69, 9.17) is 4.74 Å². The summed E-state index contributed by atoms with van der Waals surface area (Å²) in [5.41, 5.74) is 2.04. The number of unbranched alkanes of at least 4 members (excludes halogenated alkanes) is 1. The lowest BCUT2D eigenvalue weighted by Crippen LogP contribution is -2.22. The summed E-state index contributed by atoms with van der Waals surface area (Å²) in [7, 11) is 1.64. The Morgan fingerprint density at radius 3 is 2.57 bits per heavy atom. The second kappa shape index (κ2) is 9.69. The Morgan fingerprint density at radius 1 is 1.04 bits per heavy atom. The largest absolute Gasteiger partial charge is 0.496 e. The lowest BCUT2D eigenvalue weighted by Gasteiger charge is -2.10. The molecule has 0 fully saturated rings. The summed E-state index contributed by atoms with van der Waals surface area (Å²) in [6.07, 6.45) is 2.97. The lowest BCUT2D eigenvalue weighted by molar-refractivity contribution is -0.121. The smallest absolute Gasteiger partial charge is 0.220 e. The van der Waals surface area contributed by atoms with Crippen molar-refractivity contribution in [1.29, 1.82) is 0 Å². The number of ether oxygens (including phenoxy) is 1. The Kier molecular flexibility index (Phi) is 6.78. The molecule has 3 rings (SSSR count). The van der Waals surface area contributed by atoms with Gasteiger partial charge in [0.1, 0.15) is 17.4 Å². The van der Waals surface area contributed by atoms with Gasteiger partial charge in [0.25, 0.3) is 0 Å². The first kappa shape index (κ1) is 19.6. The van der Waals surface area contributed by atoms with Crippen LogP contribution in [0.5, 0.6) is 5.75 Å². The number of carbonyl (C=O) groups excluding carboxylic acids is 1. The van der Waals surface area contributed by atoms with E-state index in [0.29, 0.717) is 13.0 Å². The number of benzene rings is 2. The van der Waals surface area contributed by atoms with Crippen LogP contribution in [0.3, 0.4) is 0 Å². The van der Waals surface area contributed by atoms with E-state index in [0.717, 1.165) is 47.9 Å². The molecule has 0 saturated heterocycles. The van der Waals surface area contributed by atoms with Crippen molar-refractivity contribution >= 4 is 5.91 Å². The number of hydrogen-bond donors (Lipinski definition) is 1. The number of amides is 1. The molecule has 1 heterocycles. The molecule has 146 valence electrons. The van der Waals surface area contributed by atoms with Gasteiger partial charge in [0.2, 0.25) is 5.91 Å². The van der Waals surface area contributed by atoms with Crippen molar-refractivity contribution in [2.45, 2.75) is 39.2 Å². The van der Waals surface area contributed by atoms with Crippen LogP contribution in [0.2, 0.25) is 0 Å². The molecule has 28 heavy (non-hydrogen) atoms. The number of methoxy groups -OCH3 is 1. The number of aryl methyl sites for hydroxylation is 2. The van der Waals surface area contributed by atoms with Gasteiger partial charge < -0.3 is 10.1 Å². The molecule has 0 unspecified atom stereocenters. The summed E-state index contributed by atoms with van der Waals surface area (Å²) in [5.74, 6) is 2.64. The van der Waals surface area contributed by atoms with Crippen LogP contribution in [-0.2, 0) is 17.8 Å². The van der Waals surface area contributed by atoms with Crippen LogP contribution in [-0.4, -0.2) is 27.8 Å². The Bertz CT molecular complexity index is 906. The molecule has 0 radical (unpaired) electrons. The van der Waals surface area contributed by atoms with Gasteiger partial charge in [-0.2, -0.15) is 0 Å². The minimum Gasteiger partial charge on any atom is -0.496 e. The van der Waals surface area contributed by atoms with Crippen LogP contribution in [0.15, 0.2) is 54.6 Å². The van der Waals surface area contributed by atoms with Gasteiger partial charge >= 0.3 is 0 Å². The number of hydrogen-bond acceptors (Lipinski definition) is 4. The number of para-hydroxylation sites is 2. The highest BCUT2D eigenvalue weighted by Gasteiger charge is 2.11. The second-order valence-corrected chi connectivity index (χ2v) is 6.63. The Hall–Kier alpha value is -3.15. The summed E-state index contributed by atoms with van der Waals surface area (Å²) in [4.78, 5) is 12.1. The molecular formula is C22H26N4O2. The fourth-order valence-corrected chi connectivity index (χ4v) is 3.18. The van der Waals surface area contributed by atoms with Crippen molar-refractivity contribution in [3.63, 3.8) is 0 Å². The van der Waals surface area contributed by atoms with E-state index in [1.54, 1.807) is 7.11 Å². The number of nitrogens with zero attached hydrogens (tertiary/aromatic N) is 3. The molecule has 6 nitrogen and oxygen atoms in total. The number of nitrogens with one attached hydrogen (secondary N) is 1. The minimum atomic E-state index is 0.0478. The van der Waals surface area contributed by atoms with Crippen LogP contribution >= 0.6 is 0 Å². The van der Waals surface area contributed by atoms with Crippen molar-refractivity contribution in [3.05, 3.63) is 71.8 Å². The lowest BCUT2D eigenvalue weighted by atomic mass is 10.1. The van der Waals surface area contributed by atoms with Gasteiger partial charge in [-0.15, -0.1) is 10.2 Å². The zero-order valence-electron chi connectivity index (χ0n) is 16.4. The van der Waals surface area contributed by atoms with Gasteiger partial charge in [-0.3, -0.25) is 9.36 Å². The quantitative estimate of drug-likeness (QED) is 0.578. The fourth-order valence-electron chi connectivity index (χ4n) is 3.18.